The zero-order chi connectivity index (χ0) is 10.1. The summed E-state index contributed by atoms with van der Waals surface area (Å²) >= 11 is 1.16. The number of aromatic nitrogens is 2. The van der Waals surface area contributed by atoms with E-state index in [1.54, 1.807) is 0 Å². The van der Waals surface area contributed by atoms with Crippen LogP contribution in [0, 0.1) is 5.41 Å². The van der Waals surface area contributed by atoms with Gasteiger partial charge in [0, 0.05) is 5.41 Å². The van der Waals surface area contributed by atoms with Crippen LogP contribution in [-0.2, 0) is 4.79 Å². The van der Waals surface area contributed by atoms with Crippen molar-refractivity contribution < 1.29 is 4.79 Å². The van der Waals surface area contributed by atoms with Gasteiger partial charge in [0.05, 0.1) is 0 Å². The first-order valence-electron chi connectivity index (χ1n) is 3.80. The Morgan fingerprint density at radius 2 is 2.08 bits per heavy atom. The molecule has 1 aromatic heterocycles. The Balaban J connectivity index is 2.65. The number of carbonyl (C=O) groups excluding carboxylic acids is 1. The first-order chi connectivity index (χ1) is 5.89. The third kappa shape index (κ3) is 2.66. The molecule has 3 N–H and O–H groups in total. The molecule has 0 aliphatic heterocycles. The Labute approximate surface area is 80.4 Å². The molecule has 0 aliphatic rings. The van der Waals surface area contributed by atoms with Crippen molar-refractivity contribution in [3.8, 4) is 0 Å². The Hall–Kier alpha value is -1.17. The molecule has 0 saturated heterocycles. The van der Waals surface area contributed by atoms with E-state index in [0.717, 1.165) is 11.3 Å². The maximum Gasteiger partial charge on any atom is 0.231 e. The van der Waals surface area contributed by atoms with Gasteiger partial charge in [0.15, 0.2) is 0 Å². The van der Waals surface area contributed by atoms with Crippen molar-refractivity contribution in [1.82, 2.24) is 10.2 Å². The summed E-state index contributed by atoms with van der Waals surface area (Å²) in [5, 5.41) is 10.7. The maximum absolute atomic E-state index is 11.4. The van der Waals surface area contributed by atoms with Crippen molar-refractivity contribution in [3.63, 3.8) is 0 Å². The maximum atomic E-state index is 11.4. The topological polar surface area (TPSA) is 80.9 Å². The fourth-order valence-corrected chi connectivity index (χ4v) is 1.07. The lowest BCUT2D eigenvalue weighted by Crippen LogP contribution is -2.27. The number of rotatable bonds is 1. The zero-order valence-electron chi connectivity index (χ0n) is 7.79. The summed E-state index contributed by atoms with van der Waals surface area (Å²) in [5.74, 6) is -0.0938. The third-order valence-corrected chi connectivity index (χ3v) is 2.01. The predicted molar refractivity (Wildman–Crippen MR) is 52.4 cm³/mol. The predicted octanol–water partition coefficient (Wildman–Crippen LogP) is 1.10. The van der Waals surface area contributed by atoms with Crippen molar-refractivity contribution in [2.24, 2.45) is 5.41 Å². The summed E-state index contributed by atoms with van der Waals surface area (Å²) in [6.07, 6.45) is 0. The molecule has 1 amide bonds. The van der Waals surface area contributed by atoms with Gasteiger partial charge in [-0.05, 0) is 0 Å². The molecule has 6 heteroatoms. The number of hydrogen-bond donors (Lipinski definition) is 2. The standard InChI is InChI=1S/C7H12N4OS/c1-7(2,3)4(12)9-6-11-10-5(8)13-6/h1-3H3,(H2,8,10)(H,9,11,12). The van der Waals surface area contributed by atoms with Crippen LogP contribution in [-0.4, -0.2) is 16.1 Å². The Morgan fingerprint density at radius 3 is 2.46 bits per heavy atom. The van der Waals surface area contributed by atoms with Crippen LogP contribution in [0.1, 0.15) is 20.8 Å². The van der Waals surface area contributed by atoms with E-state index in [9.17, 15) is 4.79 Å². The fourth-order valence-electron chi connectivity index (χ4n) is 0.570. The first-order valence-corrected chi connectivity index (χ1v) is 4.61. The third-order valence-electron chi connectivity index (χ3n) is 1.34. The highest BCUT2D eigenvalue weighted by molar-refractivity contribution is 7.18. The van der Waals surface area contributed by atoms with E-state index in [4.69, 9.17) is 5.73 Å². The molecule has 1 heterocycles. The summed E-state index contributed by atoms with van der Waals surface area (Å²) in [4.78, 5) is 11.4. The summed E-state index contributed by atoms with van der Waals surface area (Å²) in [6.45, 7) is 5.48. The van der Waals surface area contributed by atoms with Gasteiger partial charge in [-0.15, -0.1) is 10.2 Å². The second-order valence-electron chi connectivity index (χ2n) is 3.65. The monoisotopic (exact) mass is 200 g/mol. The van der Waals surface area contributed by atoms with Crippen LogP contribution in [0.2, 0.25) is 0 Å². The number of hydrogen-bond acceptors (Lipinski definition) is 5. The number of nitrogens with two attached hydrogens (primary N) is 1. The number of amides is 1. The lowest BCUT2D eigenvalue weighted by Gasteiger charge is -2.15. The number of nitrogens with one attached hydrogen (secondary N) is 1. The van der Waals surface area contributed by atoms with Gasteiger partial charge in [0.25, 0.3) is 0 Å². The summed E-state index contributed by atoms with van der Waals surface area (Å²) in [6, 6.07) is 0. The Kier molecular flexibility index (Phi) is 2.51. The van der Waals surface area contributed by atoms with E-state index in [1.807, 2.05) is 20.8 Å². The molecule has 0 atom stereocenters. The van der Waals surface area contributed by atoms with Gasteiger partial charge in [0.2, 0.25) is 16.2 Å². The van der Waals surface area contributed by atoms with Crippen LogP contribution >= 0.6 is 11.3 Å². The molecular weight excluding hydrogens is 188 g/mol. The SMILES string of the molecule is CC(C)(C)C(=O)Nc1nnc(N)s1. The quantitative estimate of drug-likeness (QED) is 0.711. The van der Waals surface area contributed by atoms with E-state index in [1.165, 1.54) is 0 Å². The molecule has 0 spiro atoms. The molecule has 5 nitrogen and oxygen atoms in total. The fraction of sp³-hybridized carbons (Fsp3) is 0.571. The molecule has 0 fully saturated rings. The van der Waals surface area contributed by atoms with Crippen LogP contribution in [0.5, 0.6) is 0 Å². The van der Waals surface area contributed by atoms with E-state index in [-0.39, 0.29) is 5.91 Å². The molecule has 1 aromatic rings. The van der Waals surface area contributed by atoms with Gasteiger partial charge in [0.1, 0.15) is 0 Å². The molecule has 72 valence electrons. The molecule has 0 radical (unpaired) electrons. The van der Waals surface area contributed by atoms with Gasteiger partial charge < -0.3 is 11.1 Å². The largest absolute Gasteiger partial charge is 0.374 e. The van der Waals surface area contributed by atoms with Crippen LogP contribution < -0.4 is 11.1 Å². The van der Waals surface area contributed by atoms with Crippen molar-refractivity contribution in [2.75, 3.05) is 11.1 Å². The lowest BCUT2D eigenvalue weighted by atomic mass is 9.96. The second-order valence-corrected chi connectivity index (χ2v) is 4.66. The summed E-state index contributed by atoms with van der Waals surface area (Å²) < 4.78 is 0. The molecule has 0 aliphatic carbocycles. The van der Waals surface area contributed by atoms with E-state index in [0.29, 0.717) is 10.3 Å². The van der Waals surface area contributed by atoms with Crippen LogP contribution in [0.15, 0.2) is 0 Å². The van der Waals surface area contributed by atoms with Crippen LogP contribution in [0.25, 0.3) is 0 Å². The second kappa shape index (κ2) is 3.29. The van der Waals surface area contributed by atoms with Crippen molar-refractivity contribution in [3.05, 3.63) is 0 Å². The van der Waals surface area contributed by atoms with Crippen molar-refractivity contribution >= 4 is 27.5 Å². The molecular formula is C7H12N4OS. The molecule has 0 bridgehead atoms. The highest BCUT2D eigenvalue weighted by Gasteiger charge is 2.22. The number of nitrogen functional groups attached to an aromatic ring is 1. The normalized spacial score (nSPS) is 11.3. The average Bonchev–Trinajstić information content (AvgIpc) is 2.33. The van der Waals surface area contributed by atoms with Crippen molar-refractivity contribution in [1.29, 1.82) is 0 Å². The van der Waals surface area contributed by atoms with Gasteiger partial charge in [-0.3, -0.25) is 4.79 Å². The summed E-state index contributed by atoms with van der Waals surface area (Å²) in [7, 11) is 0. The minimum atomic E-state index is -0.430. The highest BCUT2D eigenvalue weighted by atomic mass is 32.1. The molecule has 1 rings (SSSR count). The Morgan fingerprint density at radius 1 is 1.46 bits per heavy atom. The molecule has 0 unspecified atom stereocenters. The average molecular weight is 200 g/mol. The zero-order valence-corrected chi connectivity index (χ0v) is 8.60. The molecule has 0 saturated carbocycles. The number of anilines is 2. The van der Waals surface area contributed by atoms with Gasteiger partial charge in [-0.1, -0.05) is 32.1 Å². The number of carbonyl (C=O) groups is 1. The molecule has 0 aromatic carbocycles. The summed E-state index contributed by atoms with van der Waals surface area (Å²) in [5.41, 5.74) is 4.93. The van der Waals surface area contributed by atoms with Gasteiger partial charge in [-0.2, -0.15) is 0 Å². The Bertz CT molecular complexity index is 315. The minimum absolute atomic E-state index is 0.0938. The van der Waals surface area contributed by atoms with E-state index in [2.05, 4.69) is 15.5 Å². The van der Waals surface area contributed by atoms with Gasteiger partial charge >= 0.3 is 0 Å². The number of nitrogens with zero attached hydrogens (tertiary/aromatic N) is 2. The van der Waals surface area contributed by atoms with Crippen LogP contribution in [0.3, 0.4) is 0 Å². The van der Waals surface area contributed by atoms with Crippen LogP contribution in [0.4, 0.5) is 10.3 Å². The minimum Gasteiger partial charge on any atom is -0.374 e. The van der Waals surface area contributed by atoms with E-state index < -0.39 is 5.41 Å². The van der Waals surface area contributed by atoms with E-state index >= 15 is 0 Å². The smallest absolute Gasteiger partial charge is 0.231 e. The highest BCUT2D eigenvalue weighted by Crippen LogP contribution is 2.20. The lowest BCUT2D eigenvalue weighted by molar-refractivity contribution is -0.123. The first kappa shape index (κ1) is 9.91. The van der Waals surface area contributed by atoms with Crippen molar-refractivity contribution in [2.45, 2.75) is 20.8 Å². The molecule has 13 heavy (non-hydrogen) atoms. The van der Waals surface area contributed by atoms with Gasteiger partial charge in [-0.25, -0.2) is 0 Å².